The van der Waals surface area contributed by atoms with Gasteiger partial charge in [-0.3, -0.25) is 4.90 Å². The molecule has 9 heteroatoms. The molecule has 0 spiro atoms. The van der Waals surface area contributed by atoms with E-state index in [2.05, 4.69) is 5.32 Å². The summed E-state index contributed by atoms with van der Waals surface area (Å²) >= 11 is 0. The lowest BCUT2D eigenvalue weighted by Gasteiger charge is -2.36. The molecule has 1 aromatic carbocycles. The number of alkyl halides is 6. The maximum absolute atomic E-state index is 14.3. The Morgan fingerprint density at radius 1 is 1.04 bits per heavy atom. The third-order valence-corrected chi connectivity index (χ3v) is 4.07. The van der Waals surface area contributed by atoms with Crippen molar-refractivity contribution in [2.75, 3.05) is 26.2 Å². The molecule has 2 rings (SSSR count). The Balaban J connectivity index is 2.58. The van der Waals surface area contributed by atoms with Crippen molar-refractivity contribution >= 4 is 0 Å². The average molecular weight is 358 g/mol. The number of nitrogens with zero attached hydrogens (tertiary/aromatic N) is 1. The van der Waals surface area contributed by atoms with E-state index >= 15 is 0 Å². The van der Waals surface area contributed by atoms with Crippen LogP contribution in [0.15, 0.2) is 12.1 Å². The van der Waals surface area contributed by atoms with Crippen LogP contribution in [0.5, 0.6) is 0 Å². The quantitative estimate of drug-likeness (QED) is 0.814. The highest BCUT2D eigenvalue weighted by molar-refractivity contribution is 5.39. The molecular formula is C15H17F7N2. The van der Waals surface area contributed by atoms with Crippen LogP contribution in [-0.4, -0.2) is 31.1 Å². The number of halogens is 7. The molecule has 0 aliphatic carbocycles. The number of hydrogen-bond donors (Lipinski definition) is 1. The maximum atomic E-state index is 14.3. The highest BCUT2D eigenvalue weighted by Crippen LogP contribution is 2.42. The highest BCUT2D eigenvalue weighted by Gasteiger charge is 2.42. The lowest BCUT2D eigenvalue weighted by atomic mass is 9.93. The van der Waals surface area contributed by atoms with Crippen molar-refractivity contribution in [2.45, 2.75) is 31.7 Å². The van der Waals surface area contributed by atoms with Crippen LogP contribution >= 0.6 is 0 Å². The first-order valence-corrected chi connectivity index (χ1v) is 7.48. The van der Waals surface area contributed by atoms with Crippen molar-refractivity contribution in [3.05, 3.63) is 34.6 Å². The molecule has 1 aromatic rings. The van der Waals surface area contributed by atoms with Crippen LogP contribution in [0.3, 0.4) is 0 Å². The lowest BCUT2D eigenvalue weighted by molar-refractivity contribution is -0.144. The summed E-state index contributed by atoms with van der Waals surface area (Å²) in [5.74, 6) is -1.47. The normalized spacial score (nSPS) is 18.7. The first kappa shape index (κ1) is 19.0. The Morgan fingerprint density at radius 3 is 2.08 bits per heavy atom. The Labute approximate surface area is 134 Å². The fourth-order valence-corrected chi connectivity index (χ4v) is 2.99. The number of benzene rings is 1. The molecule has 1 N–H and O–H groups in total. The van der Waals surface area contributed by atoms with Gasteiger partial charge in [-0.1, -0.05) is 6.92 Å². The Bertz CT molecular complexity index is 574. The van der Waals surface area contributed by atoms with Crippen LogP contribution in [0.25, 0.3) is 0 Å². The smallest absolute Gasteiger partial charge is 0.314 e. The molecule has 2 nitrogen and oxygen atoms in total. The van der Waals surface area contributed by atoms with Gasteiger partial charge in [-0.15, -0.1) is 0 Å². The summed E-state index contributed by atoms with van der Waals surface area (Å²) in [7, 11) is 0. The van der Waals surface area contributed by atoms with E-state index < -0.39 is 40.9 Å². The van der Waals surface area contributed by atoms with E-state index in [0.717, 1.165) is 0 Å². The molecular weight excluding hydrogens is 341 g/mol. The van der Waals surface area contributed by atoms with Crippen LogP contribution in [-0.2, 0) is 12.4 Å². The van der Waals surface area contributed by atoms with E-state index in [-0.39, 0.29) is 18.6 Å². The van der Waals surface area contributed by atoms with E-state index in [9.17, 15) is 30.7 Å². The van der Waals surface area contributed by atoms with Gasteiger partial charge in [0, 0.05) is 37.8 Å². The van der Waals surface area contributed by atoms with Gasteiger partial charge in [0.1, 0.15) is 5.82 Å². The Hall–Kier alpha value is -1.35. The van der Waals surface area contributed by atoms with Crippen molar-refractivity contribution < 1.29 is 30.7 Å². The largest absolute Gasteiger partial charge is 0.416 e. The second kappa shape index (κ2) is 6.87. The van der Waals surface area contributed by atoms with E-state index in [1.165, 1.54) is 0 Å². The summed E-state index contributed by atoms with van der Waals surface area (Å²) in [6.45, 7) is 3.44. The third kappa shape index (κ3) is 4.00. The van der Waals surface area contributed by atoms with Gasteiger partial charge in [0.15, 0.2) is 0 Å². The molecule has 0 aromatic heterocycles. The van der Waals surface area contributed by atoms with Crippen molar-refractivity contribution in [1.82, 2.24) is 10.2 Å². The predicted octanol–water partition coefficient (Wildman–Crippen LogP) is 4.22. The molecule has 0 amide bonds. The number of hydrogen-bond acceptors (Lipinski definition) is 2. The zero-order valence-corrected chi connectivity index (χ0v) is 12.9. The van der Waals surface area contributed by atoms with Gasteiger partial charge in [-0.05, 0) is 18.6 Å². The van der Waals surface area contributed by atoms with Crippen molar-refractivity contribution in [3.63, 3.8) is 0 Å². The van der Waals surface area contributed by atoms with Crippen molar-refractivity contribution in [1.29, 1.82) is 0 Å². The van der Waals surface area contributed by atoms with Gasteiger partial charge in [-0.2, -0.15) is 26.3 Å². The first-order chi connectivity index (χ1) is 11.1. The van der Waals surface area contributed by atoms with E-state index in [1.54, 1.807) is 11.8 Å². The van der Waals surface area contributed by atoms with Crippen molar-refractivity contribution in [2.24, 2.45) is 0 Å². The molecule has 1 fully saturated rings. The van der Waals surface area contributed by atoms with Gasteiger partial charge < -0.3 is 5.32 Å². The molecule has 136 valence electrons. The SMILES string of the molecule is CC[C@@H](c1c(F)cc(C(F)(F)F)cc1C(F)(F)F)N1CCNCC1. The summed E-state index contributed by atoms with van der Waals surface area (Å²) in [6.07, 6.45) is -9.96. The number of nitrogens with one attached hydrogen (secondary N) is 1. The summed E-state index contributed by atoms with van der Waals surface area (Å²) in [4.78, 5) is 1.66. The van der Waals surface area contributed by atoms with Gasteiger partial charge in [0.05, 0.1) is 11.1 Å². The molecule has 1 heterocycles. The van der Waals surface area contributed by atoms with E-state index in [1.807, 2.05) is 0 Å². The van der Waals surface area contributed by atoms with E-state index in [0.29, 0.717) is 26.2 Å². The van der Waals surface area contributed by atoms with Crippen LogP contribution in [0, 0.1) is 5.82 Å². The second-order valence-electron chi connectivity index (χ2n) is 5.62. The summed E-state index contributed by atoms with van der Waals surface area (Å²) in [5.41, 5.74) is -3.90. The highest BCUT2D eigenvalue weighted by atomic mass is 19.4. The summed E-state index contributed by atoms with van der Waals surface area (Å²) < 4.78 is 92.5. The van der Waals surface area contributed by atoms with Crippen LogP contribution < -0.4 is 5.32 Å². The molecule has 1 aliphatic rings. The van der Waals surface area contributed by atoms with Crippen LogP contribution in [0.2, 0.25) is 0 Å². The maximum Gasteiger partial charge on any atom is 0.416 e. The zero-order chi connectivity index (χ0) is 18.1. The van der Waals surface area contributed by atoms with Gasteiger partial charge in [-0.25, -0.2) is 4.39 Å². The number of rotatable bonds is 3. The predicted molar refractivity (Wildman–Crippen MR) is 73.9 cm³/mol. The summed E-state index contributed by atoms with van der Waals surface area (Å²) in [5, 5.41) is 3.03. The molecule has 24 heavy (non-hydrogen) atoms. The van der Waals surface area contributed by atoms with E-state index in [4.69, 9.17) is 0 Å². The topological polar surface area (TPSA) is 15.3 Å². The van der Waals surface area contributed by atoms with Crippen LogP contribution in [0.4, 0.5) is 30.7 Å². The third-order valence-electron chi connectivity index (χ3n) is 4.07. The molecule has 1 aliphatic heterocycles. The molecule has 0 unspecified atom stereocenters. The molecule has 1 atom stereocenters. The van der Waals surface area contributed by atoms with Gasteiger partial charge in [0.2, 0.25) is 0 Å². The summed E-state index contributed by atoms with van der Waals surface area (Å²) in [6, 6.07) is -0.774. The first-order valence-electron chi connectivity index (χ1n) is 7.48. The Morgan fingerprint density at radius 2 is 1.62 bits per heavy atom. The minimum atomic E-state index is -5.07. The Kier molecular flexibility index (Phi) is 5.44. The fourth-order valence-electron chi connectivity index (χ4n) is 2.99. The van der Waals surface area contributed by atoms with Crippen LogP contribution in [0.1, 0.15) is 36.1 Å². The second-order valence-corrected chi connectivity index (χ2v) is 5.62. The van der Waals surface area contributed by atoms with Gasteiger partial charge >= 0.3 is 12.4 Å². The molecule has 1 saturated heterocycles. The molecule has 0 bridgehead atoms. The average Bonchev–Trinajstić information content (AvgIpc) is 2.48. The molecule has 0 saturated carbocycles. The monoisotopic (exact) mass is 358 g/mol. The van der Waals surface area contributed by atoms with Crippen molar-refractivity contribution in [3.8, 4) is 0 Å². The fraction of sp³-hybridized carbons (Fsp3) is 0.600. The molecule has 0 radical (unpaired) electrons. The van der Waals surface area contributed by atoms with Gasteiger partial charge in [0.25, 0.3) is 0 Å². The minimum Gasteiger partial charge on any atom is -0.314 e. The standard InChI is InChI=1S/C15H17F7N2/c1-2-12(24-5-3-23-4-6-24)13-10(15(20,21)22)7-9(8-11(13)16)14(17,18)19/h7-8,12,23H,2-6H2,1H3/t12-/m0/s1. The minimum absolute atomic E-state index is 0.00324. The zero-order valence-electron chi connectivity index (χ0n) is 12.9. The lowest BCUT2D eigenvalue weighted by Crippen LogP contribution is -2.45. The number of piperazine rings is 1.